The van der Waals surface area contributed by atoms with Crippen molar-refractivity contribution in [1.82, 2.24) is 29.6 Å². The first-order chi connectivity index (χ1) is 14.7. The standard InChI is InChI=1S/C21H26N8O/c1-16-9-17(25-21-24-15-29(26-21)20-12-22-3-4-23-20)11-18(10-16)28-13-19(14-28)27-5-2-7-30-8-6-27/h3-4,9-12,15,19H,2,5-8,13-14H2,1H3,(H,25,26). The molecule has 9 nitrogen and oxygen atoms in total. The van der Waals surface area contributed by atoms with Crippen LogP contribution in [-0.2, 0) is 4.74 Å². The minimum absolute atomic E-state index is 0.531. The first kappa shape index (κ1) is 19.0. The molecule has 2 aliphatic heterocycles. The predicted molar refractivity (Wildman–Crippen MR) is 114 cm³/mol. The summed E-state index contributed by atoms with van der Waals surface area (Å²) < 4.78 is 7.20. The van der Waals surface area contributed by atoms with Crippen LogP contribution in [0.2, 0.25) is 0 Å². The first-order valence-corrected chi connectivity index (χ1v) is 10.4. The zero-order chi connectivity index (χ0) is 20.3. The summed E-state index contributed by atoms with van der Waals surface area (Å²) in [5.74, 6) is 1.16. The molecule has 0 aliphatic carbocycles. The van der Waals surface area contributed by atoms with E-state index in [-0.39, 0.29) is 0 Å². The smallest absolute Gasteiger partial charge is 0.247 e. The molecule has 9 heteroatoms. The average Bonchev–Trinajstić information content (AvgIpc) is 3.01. The summed E-state index contributed by atoms with van der Waals surface area (Å²) in [6, 6.07) is 7.12. The van der Waals surface area contributed by atoms with Crippen LogP contribution in [-0.4, -0.2) is 75.1 Å². The van der Waals surface area contributed by atoms with Crippen LogP contribution >= 0.6 is 0 Å². The summed E-state index contributed by atoms with van der Waals surface area (Å²) in [7, 11) is 0. The van der Waals surface area contributed by atoms with Crippen molar-refractivity contribution in [3.8, 4) is 5.82 Å². The maximum atomic E-state index is 5.59. The molecule has 2 aromatic heterocycles. The van der Waals surface area contributed by atoms with Gasteiger partial charge < -0.3 is 15.0 Å². The van der Waals surface area contributed by atoms with Gasteiger partial charge in [-0.1, -0.05) is 0 Å². The van der Waals surface area contributed by atoms with Crippen LogP contribution in [0.5, 0.6) is 0 Å². The SMILES string of the molecule is Cc1cc(Nc2ncn(-c3cnccn3)n2)cc(N2CC(N3CCCOCC3)C2)c1. The highest BCUT2D eigenvalue weighted by atomic mass is 16.5. The molecule has 0 radical (unpaired) electrons. The summed E-state index contributed by atoms with van der Waals surface area (Å²) in [6.45, 7) is 8.15. The van der Waals surface area contributed by atoms with Gasteiger partial charge in [-0.05, 0) is 37.1 Å². The number of ether oxygens (including phenoxy) is 1. The maximum absolute atomic E-state index is 5.59. The molecule has 3 aromatic rings. The highest BCUT2D eigenvalue weighted by Gasteiger charge is 2.32. The molecule has 5 rings (SSSR count). The number of hydrogen-bond acceptors (Lipinski definition) is 8. The van der Waals surface area contributed by atoms with Gasteiger partial charge in [0.2, 0.25) is 5.95 Å². The Balaban J connectivity index is 1.25. The summed E-state index contributed by atoms with van der Waals surface area (Å²) in [5.41, 5.74) is 3.41. The number of aryl methyl sites for hydroxylation is 1. The molecule has 2 fully saturated rings. The average molecular weight is 406 g/mol. The van der Waals surface area contributed by atoms with E-state index in [0.29, 0.717) is 17.8 Å². The molecule has 1 N–H and O–H groups in total. The highest BCUT2D eigenvalue weighted by molar-refractivity contribution is 5.64. The largest absolute Gasteiger partial charge is 0.380 e. The molecule has 0 saturated carbocycles. The van der Waals surface area contributed by atoms with Crippen LogP contribution in [0.15, 0.2) is 43.1 Å². The molecule has 2 saturated heterocycles. The second kappa shape index (κ2) is 8.37. The third-order valence-corrected chi connectivity index (χ3v) is 5.60. The summed E-state index contributed by atoms with van der Waals surface area (Å²) >= 11 is 0. The Kier molecular flexibility index (Phi) is 5.29. The Labute approximate surface area is 175 Å². The highest BCUT2D eigenvalue weighted by Crippen LogP contribution is 2.29. The van der Waals surface area contributed by atoms with E-state index in [9.17, 15) is 0 Å². The van der Waals surface area contributed by atoms with Gasteiger partial charge in [0.05, 0.1) is 12.8 Å². The molecule has 30 heavy (non-hydrogen) atoms. The molecular weight excluding hydrogens is 380 g/mol. The van der Waals surface area contributed by atoms with E-state index in [0.717, 1.165) is 51.5 Å². The number of anilines is 3. The van der Waals surface area contributed by atoms with Crippen LogP contribution in [0.1, 0.15) is 12.0 Å². The molecule has 0 amide bonds. The Hall–Kier alpha value is -3.04. The number of rotatable bonds is 5. The molecule has 2 aliphatic rings. The minimum Gasteiger partial charge on any atom is -0.380 e. The monoisotopic (exact) mass is 406 g/mol. The second-order valence-corrected chi connectivity index (χ2v) is 7.82. The number of hydrogen-bond donors (Lipinski definition) is 1. The number of nitrogens with zero attached hydrogens (tertiary/aromatic N) is 7. The van der Waals surface area contributed by atoms with Crippen molar-refractivity contribution in [3.63, 3.8) is 0 Å². The van der Waals surface area contributed by atoms with Crippen molar-refractivity contribution < 1.29 is 4.74 Å². The van der Waals surface area contributed by atoms with Crippen molar-refractivity contribution in [2.24, 2.45) is 0 Å². The fourth-order valence-corrected chi connectivity index (χ4v) is 4.01. The lowest BCUT2D eigenvalue weighted by molar-refractivity contribution is 0.124. The van der Waals surface area contributed by atoms with Crippen LogP contribution in [0.4, 0.5) is 17.3 Å². The lowest BCUT2D eigenvalue weighted by Gasteiger charge is -2.46. The van der Waals surface area contributed by atoms with Crippen LogP contribution in [0.25, 0.3) is 5.82 Å². The maximum Gasteiger partial charge on any atom is 0.247 e. The van der Waals surface area contributed by atoms with Crippen LogP contribution in [0.3, 0.4) is 0 Å². The van der Waals surface area contributed by atoms with E-state index in [1.54, 1.807) is 29.6 Å². The molecule has 0 spiro atoms. The van der Waals surface area contributed by atoms with E-state index in [1.165, 1.54) is 11.3 Å². The topological polar surface area (TPSA) is 84.2 Å². The van der Waals surface area contributed by atoms with Crippen molar-refractivity contribution in [3.05, 3.63) is 48.7 Å². The van der Waals surface area contributed by atoms with Gasteiger partial charge in [-0.25, -0.2) is 4.98 Å². The van der Waals surface area contributed by atoms with Crippen molar-refractivity contribution in [2.45, 2.75) is 19.4 Å². The van der Waals surface area contributed by atoms with E-state index < -0.39 is 0 Å². The Morgan fingerprint density at radius 2 is 2.00 bits per heavy atom. The number of benzene rings is 1. The number of nitrogens with one attached hydrogen (secondary N) is 1. The summed E-state index contributed by atoms with van der Waals surface area (Å²) in [6.07, 6.45) is 7.68. The van der Waals surface area contributed by atoms with Gasteiger partial charge in [-0.15, -0.1) is 5.10 Å². The normalized spacial score (nSPS) is 18.1. The van der Waals surface area contributed by atoms with Crippen molar-refractivity contribution >= 4 is 17.3 Å². The van der Waals surface area contributed by atoms with Crippen molar-refractivity contribution in [1.29, 1.82) is 0 Å². The minimum atomic E-state index is 0.531. The van der Waals surface area contributed by atoms with Crippen LogP contribution < -0.4 is 10.2 Å². The van der Waals surface area contributed by atoms with E-state index in [4.69, 9.17) is 4.74 Å². The van der Waals surface area contributed by atoms with Gasteiger partial charge in [0.1, 0.15) is 6.33 Å². The molecule has 4 heterocycles. The quantitative estimate of drug-likeness (QED) is 0.689. The predicted octanol–water partition coefficient (Wildman–Crippen LogP) is 2.02. The first-order valence-electron chi connectivity index (χ1n) is 10.4. The van der Waals surface area contributed by atoms with Crippen molar-refractivity contribution in [2.75, 3.05) is 49.6 Å². The van der Waals surface area contributed by atoms with Gasteiger partial charge in [0.25, 0.3) is 0 Å². The Morgan fingerprint density at radius 1 is 1.07 bits per heavy atom. The third kappa shape index (κ3) is 4.12. The van der Waals surface area contributed by atoms with Crippen LogP contribution in [0, 0.1) is 6.92 Å². The molecule has 156 valence electrons. The van der Waals surface area contributed by atoms with Gasteiger partial charge in [-0.2, -0.15) is 9.67 Å². The van der Waals surface area contributed by atoms with Gasteiger partial charge >= 0.3 is 0 Å². The Bertz CT molecular complexity index is 978. The fraction of sp³-hybridized carbons (Fsp3) is 0.429. The molecular formula is C21H26N8O. The second-order valence-electron chi connectivity index (χ2n) is 7.82. The third-order valence-electron chi connectivity index (χ3n) is 5.60. The molecule has 0 bridgehead atoms. The zero-order valence-electron chi connectivity index (χ0n) is 17.1. The summed E-state index contributed by atoms with van der Waals surface area (Å²) in [4.78, 5) is 17.7. The van der Waals surface area contributed by atoms with Gasteiger partial charge in [0.15, 0.2) is 5.82 Å². The van der Waals surface area contributed by atoms with E-state index in [2.05, 4.69) is 60.3 Å². The molecule has 1 aromatic carbocycles. The number of aromatic nitrogens is 5. The molecule has 0 atom stereocenters. The molecule has 0 unspecified atom stereocenters. The fourth-order valence-electron chi connectivity index (χ4n) is 4.01. The zero-order valence-corrected chi connectivity index (χ0v) is 17.1. The van der Waals surface area contributed by atoms with E-state index >= 15 is 0 Å². The van der Waals surface area contributed by atoms with E-state index in [1.807, 2.05) is 0 Å². The van der Waals surface area contributed by atoms with Gasteiger partial charge in [0, 0.05) is 62.6 Å². The Morgan fingerprint density at radius 3 is 2.87 bits per heavy atom. The van der Waals surface area contributed by atoms with Gasteiger partial charge in [-0.3, -0.25) is 9.88 Å². The lowest BCUT2D eigenvalue weighted by atomic mass is 10.0. The lowest BCUT2D eigenvalue weighted by Crippen LogP contribution is -2.60. The summed E-state index contributed by atoms with van der Waals surface area (Å²) in [5, 5.41) is 7.77.